The second-order valence-corrected chi connectivity index (χ2v) is 15.4. The van der Waals surface area contributed by atoms with Crippen LogP contribution in [0.5, 0.6) is 0 Å². The van der Waals surface area contributed by atoms with Crippen LogP contribution in [0.2, 0.25) is 0 Å². The summed E-state index contributed by atoms with van der Waals surface area (Å²) >= 11 is 1.82. The highest BCUT2D eigenvalue weighted by Crippen LogP contribution is 2.43. The molecule has 12 aromatic rings. The first-order chi connectivity index (χ1) is 28.2. The fourth-order valence-electron chi connectivity index (χ4n) is 8.43. The molecule has 0 saturated carbocycles. The van der Waals surface area contributed by atoms with Crippen molar-refractivity contribution in [3.8, 4) is 51.0 Å². The van der Waals surface area contributed by atoms with Crippen LogP contribution in [0.3, 0.4) is 0 Å². The van der Waals surface area contributed by atoms with E-state index >= 15 is 0 Å². The van der Waals surface area contributed by atoms with E-state index in [9.17, 15) is 0 Å². The molecule has 6 heteroatoms. The maximum absolute atomic E-state index is 6.21. The van der Waals surface area contributed by atoms with Crippen molar-refractivity contribution in [3.05, 3.63) is 182 Å². The smallest absolute Gasteiger partial charge is 0.238 e. The molecule has 266 valence electrons. The maximum atomic E-state index is 6.21. The van der Waals surface area contributed by atoms with Crippen molar-refractivity contribution >= 4 is 75.3 Å². The van der Waals surface area contributed by atoms with Crippen LogP contribution < -0.4 is 0 Å². The van der Waals surface area contributed by atoms with Gasteiger partial charge in [-0.25, -0.2) is 4.98 Å². The molecule has 0 spiro atoms. The molecule has 0 fully saturated rings. The molecule has 4 heterocycles. The Hall–Kier alpha value is -7.41. The van der Waals surface area contributed by atoms with Crippen LogP contribution in [0.1, 0.15) is 0 Å². The number of nitrogens with zero attached hydrogens (tertiary/aromatic N) is 4. The van der Waals surface area contributed by atoms with Crippen molar-refractivity contribution in [3.63, 3.8) is 0 Å². The van der Waals surface area contributed by atoms with E-state index in [-0.39, 0.29) is 0 Å². The van der Waals surface area contributed by atoms with Gasteiger partial charge in [-0.1, -0.05) is 146 Å². The number of hydrogen-bond acceptors (Lipinski definition) is 5. The minimum atomic E-state index is 0.571. The molecule has 57 heavy (non-hydrogen) atoms. The van der Waals surface area contributed by atoms with Gasteiger partial charge in [0.1, 0.15) is 11.2 Å². The van der Waals surface area contributed by atoms with Gasteiger partial charge in [0.05, 0.1) is 15.7 Å². The highest BCUT2D eigenvalue weighted by Gasteiger charge is 2.22. The Bertz CT molecular complexity index is 3520. The molecule has 0 bridgehead atoms. The number of hydrogen-bond donors (Lipinski definition) is 0. The Morgan fingerprint density at radius 2 is 1.00 bits per heavy atom. The molecule has 0 saturated heterocycles. The summed E-state index contributed by atoms with van der Waals surface area (Å²) in [6.07, 6.45) is 0. The third-order valence-electron chi connectivity index (χ3n) is 11.1. The van der Waals surface area contributed by atoms with Crippen molar-refractivity contribution in [1.82, 2.24) is 19.5 Å². The van der Waals surface area contributed by atoms with Gasteiger partial charge in [0.25, 0.3) is 0 Å². The predicted octanol–water partition coefficient (Wildman–Crippen LogP) is 13.9. The average molecular weight is 747 g/mol. The van der Waals surface area contributed by atoms with E-state index in [1.807, 2.05) is 41.7 Å². The largest absolute Gasteiger partial charge is 0.456 e. The van der Waals surface area contributed by atoms with Crippen molar-refractivity contribution in [2.75, 3.05) is 0 Å². The van der Waals surface area contributed by atoms with Crippen molar-refractivity contribution in [2.45, 2.75) is 0 Å². The van der Waals surface area contributed by atoms with Crippen molar-refractivity contribution < 1.29 is 4.42 Å². The summed E-state index contributed by atoms with van der Waals surface area (Å²) in [5.41, 5.74) is 10.3. The van der Waals surface area contributed by atoms with E-state index in [0.717, 1.165) is 55.0 Å². The summed E-state index contributed by atoms with van der Waals surface area (Å²) in [5, 5.41) is 6.89. The van der Waals surface area contributed by atoms with Crippen LogP contribution in [-0.2, 0) is 0 Å². The molecule has 0 aliphatic carbocycles. The number of para-hydroxylation sites is 2. The van der Waals surface area contributed by atoms with Gasteiger partial charge in [0.15, 0.2) is 11.6 Å². The van der Waals surface area contributed by atoms with Crippen molar-refractivity contribution in [1.29, 1.82) is 0 Å². The SMILES string of the molecule is c1ccc(-c2ccccc2-c2ccc(-c3nc(-c4ccc5oc6ccccc6c5c4)nc(-n4c5ccccc5c5ccc6c7ccccc7sc6c54)n3)cc2)cc1. The fourth-order valence-corrected chi connectivity index (χ4v) is 9.67. The van der Waals surface area contributed by atoms with Crippen LogP contribution in [-0.4, -0.2) is 19.5 Å². The molecule has 0 aliphatic heterocycles. The normalized spacial score (nSPS) is 11.9. The lowest BCUT2D eigenvalue weighted by Gasteiger charge is -2.13. The van der Waals surface area contributed by atoms with Gasteiger partial charge < -0.3 is 4.42 Å². The van der Waals surface area contributed by atoms with Crippen LogP contribution >= 0.6 is 11.3 Å². The monoisotopic (exact) mass is 746 g/mol. The molecule has 4 aromatic heterocycles. The molecule has 12 rings (SSSR count). The molecule has 0 atom stereocenters. The van der Waals surface area contributed by atoms with Crippen LogP contribution in [0, 0.1) is 0 Å². The van der Waals surface area contributed by atoms with Crippen LogP contribution in [0.15, 0.2) is 186 Å². The van der Waals surface area contributed by atoms with E-state index in [2.05, 4.69) is 156 Å². The summed E-state index contributed by atoms with van der Waals surface area (Å²) < 4.78 is 10.9. The summed E-state index contributed by atoms with van der Waals surface area (Å²) in [5.74, 6) is 1.77. The van der Waals surface area contributed by atoms with Gasteiger partial charge in [0, 0.05) is 48.1 Å². The number of furan rings is 1. The van der Waals surface area contributed by atoms with Gasteiger partial charge in [-0.3, -0.25) is 4.57 Å². The molecule has 5 nitrogen and oxygen atoms in total. The topological polar surface area (TPSA) is 56.7 Å². The molecule has 0 aliphatic rings. The lowest BCUT2D eigenvalue weighted by molar-refractivity contribution is 0.669. The van der Waals surface area contributed by atoms with Gasteiger partial charge in [-0.05, 0) is 58.7 Å². The maximum Gasteiger partial charge on any atom is 0.238 e. The second kappa shape index (κ2) is 12.6. The zero-order chi connectivity index (χ0) is 37.5. The molecule has 0 radical (unpaired) electrons. The van der Waals surface area contributed by atoms with Gasteiger partial charge in [-0.2, -0.15) is 9.97 Å². The molecular formula is C51H30N4OS. The standard InChI is InChI=1S/C51H30N4OS/c1-2-12-31(13-3-1)35-14-4-5-15-36(35)32-22-24-33(25-23-32)49-52-50(34-26-29-45-42(30-34)38-17-7-10-20-44(38)56-45)54-51(53-49)55-43-19-9-6-16-37(43)40-27-28-41-39-18-8-11-21-46(39)57-48(41)47(40)55/h1-30H. The minimum Gasteiger partial charge on any atom is -0.456 e. The number of thiophene rings is 1. The zero-order valence-electron chi connectivity index (χ0n) is 30.4. The third kappa shape index (κ3) is 5.04. The Balaban J connectivity index is 1.10. The van der Waals surface area contributed by atoms with E-state index in [1.165, 1.54) is 42.2 Å². The number of aromatic nitrogens is 4. The summed E-state index contributed by atoms with van der Waals surface area (Å²) in [4.78, 5) is 15.9. The summed E-state index contributed by atoms with van der Waals surface area (Å²) in [6.45, 7) is 0. The van der Waals surface area contributed by atoms with E-state index in [0.29, 0.717) is 17.6 Å². The quantitative estimate of drug-likeness (QED) is 0.176. The summed E-state index contributed by atoms with van der Waals surface area (Å²) in [7, 11) is 0. The zero-order valence-corrected chi connectivity index (χ0v) is 31.2. The third-order valence-corrected chi connectivity index (χ3v) is 12.3. The highest BCUT2D eigenvalue weighted by molar-refractivity contribution is 7.26. The molecule has 0 amide bonds. The molecule has 8 aromatic carbocycles. The van der Waals surface area contributed by atoms with Gasteiger partial charge in [0.2, 0.25) is 5.95 Å². The number of rotatable bonds is 5. The minimum absolute atomic E-state index is 0.571. The van der Waals surface area contributed by atoms with E-state index < -0.39 is 0 Å². The molecular weight excluding hydrogens is 717 g/mol. The van der Waals surface area contributed by atoms with Gasteiger partial charge >= 0.3 is 0 Å². The lowest BCUT2D eigenvalue weighted by atomic mass is 9.94. The Morgan fingerprint density at radius 1 is 0.404 bits per heavy atom. The highest BCUT2D eigenvalue weighted by atomic mass is 32.1. The van der Waals surface area contributed by atoms with Gasteiger partial charge in [-0.15, -0.1) is 11.3 Å². The number of fused-ring (bicyclic) bond motifs is 10. The number of benzene rings is 8. The van der Waals surface area contributed by atoms with E-state index in [1.54, 1.807) is 0 Å². The van der Waals surface area contributed by atoms with Crippen LogP contribution in [0.25, 0.3) is 115 Å². The fraction of sp³-hybridized carbons (Fsp3) is 0. The van der Waals surface area contributed by atoms with Crippen LogP contribution in [0.4, 0.5) is 0 Å². The first-order valence-corrected chi connectivity index (χ1v) is 19.8. The van der Waals surface area contributed by atoms with Crippen molar-refractivity contribution in [2.24, 2.45) is 0 Å². The van der Waals surface area contributed by atoms with E-state index in [4.69, 9.17) is 19.4 Å². The Labute approximate surface area is 330 Å². The molecule has 0 unspecified atom stereocenters. The molecule has 0 N–H and O–H groups in total. The average Bonchev–Trinajstić information content (AvgIpc) is 3.96. The second-order valence-electron chi connectivity index (χ2n) is 14.4. The predicted molar refractivity (Wildman–Crippen MR) is 236 cm³/mol. The Kier molecular flexibility index (Phi) is 7.03. The summed E-state index contributed by atoms with van der Waals surface area (Å²) in [6, 6.07) is 63.8. The lowest BCUT2D eigenvalue weighted by Crippen LogP contribution is -2.06. The Morgan fingerprint density at radius 3 is 1.82 bits per heavy atom. The first kappa shape index (κ1) is 31.9. The first-order valence-electron chi connectivity index (χ1n) is 19.0.